The van der Waals surface area contributed by atoms with Gasteiger partial charge in [-0.2, -0.15) is 0 Å². The normalized spacial score (nSPS) is 11.6. The number of amides is 1. The third-order valence-electron chi connectivity index (χ3n) is 3.81. The minimum Gasteiger partial charge on any atom is -0.465 e. The van der Waals surface area contributed by atoms with E-state index in [1.54, 1.807) is 24.3 Å². The topological polar surface area (TPSA) is 67.4 Å². The Morgan fingerprint density at radius 3 is 2.44 bits per heavy atom. The Kier molecular flexibility index (Phi) is 6.98. The standard InChI is InChI=1S/C19H21ClN2O3/c1-13(16-5-3-4-6-17(16)20)21-12-18(23)22-11-14-7-9-15(10-8-14)19(24)25-2/h3-10,13,21H,11-12H2,1-2H3,(H,22,23)/t13-/m0/s1. The average Bonchev–Trinajstić information content (AvgIpc) is 2.64. The van der Waals surface area contributed by atoms with Crippen LogP contribution in [0.1, 0.15) is 34.5 Å². The van der Waals surface area contributed by atoms with Crippen molar-refractivity contribution in [3.05, 3.63) is 70.2 Å². The first-order valence-electron chi connectivity index (χ1n) is 7.93. The zero-order valence-electron chi connectivity index (χ0n) is 14.2. The number of carbonyl (C=O) groups excluding carboxylic acids is 2. The van der Waals surface area contributed by atoms with E-state index in [2.05, 4.69) is 15.4 Å². The molecule has 5 nitrogen and oxygen atoms in total. The summed E-state index contributed by atoms with van der Waals surface area (Å²) >= 11 is 6.15. The highest BCUT2D eigenvalue weighted by Crippen LogP contribution is 2.21. The Hall–Kier alpha value is -2.37. The van der Waals surface area contributed by atoms with Gasteiger partial charge in [-0.3, -0.25) is 4.79 Å². The summed E-state index contributed by atoms with van der Waals surface area (Å²) in [4.78, 5) is 23.3. The van der Waals surface area contributed by atoms with E-state index in [0.717, 1.165) is 11.1 Å². The number of halogens is 1. The van der Waals surface area contributed by atoms with Crippen LogP contribution in [0.15, 0.2) is 48.5 Å². The summed E-state index contributed by atoms with van der Waals surface area (Å²) in [5, 5.41) is 6.66. The number of rotatable bonds is 7. The van der Waals surface area contributed by atoms with E-state index in [4.69, 9.17) is 11.6 Å². The van der Waals surface area contributed by atoms with Gasteiger partial charge in [0.1, 0.15) is 0 Å². The molecule has 0 aliphatic carbocycles. The zero-order valence-corrected chi connectivity index (χ0v) is 15.0. The van der Waals surface area contributed by atoms with Gasteiger partial charge in [-0.1, -0.05) is 41.9 Å². The third kappa shape index (κ3) is 5.59. The van der Waals surface area contributed by atoms with Crippen molar-refractivity contribution in [3.8, 4) is 0 Å². The van der Waals surface area contributed by atoms with Crippen LogP contribution < -0.4 is 10.6 Å². The summed E-state index contributed by atoms with van der Waals surface area (Å²) in [5.41, 5.74) is 2.34. The third-order valence-corrected chi connectivity index (χ3v) is 4.15. The fraction of sp³-hybridized carbons (Fsp3) is 0.263. The van der Waals surface area contributed by atoms with Gasteiger partial charge >= 0.3 is 5.97 Å². The molecule has 6 heteroatoms. The zero-order chi connectivity index (χ0) is 18.2. The Bertz CT molecular complexity index is 732. The quantitative estimate of drug-likeness (QED) is 0.744. The van der Waals surface area contributed by atoms with Crippen LogP contribution in [0.4, 0.5) is 0 Å². The number of esters is 1. The Morgan fingerprint density at radius 2 is 1.80 bits per heavy atom. The summed E-state index contributed by atoms with van der Waals surface area (Å²) in [6.07, 6.45) is 0. The van der Waals surface area contributed by atoms with Gasteiger partial charge < -0.3 is 15.4 Å². The predicted molar refractivity (Wildman–Crippen MR) is 97.5 cm³/mol. The second-order valence-corrected chi connectivity index (χ2v) is 6.00. The minimum atomic E-state index is -0.381. The largest absolute Gasteiger partial charge is 0.465 e. The molecular formula is C19H21ClN2O3. The molecule has 2 rings (SSSR count). The lowest BCUT2D eigenvalue weighted by Gasteiger charge is -2.15. The monoisotopic (exact) mass is 360 g/mol. The number of methoxy groups -OCH3 is 1. The highest BCUT2D eigenvalue weighted by Gasteiger charge is 2.10. The van der Waals surface area contributed by atoms with E-state index in [-0.39, 0.29) is 24.5 Å². The van der Waals surface area contributed by atoms with Gasteiger partial charge in [0.15, 0.2) is 0 Å². The van der Waals surface area contributed by atoms with Crippen molar-refractivity contribution < 1.29 is 14.3 Å². The maximum atomic E-state index is 12.0. The molecule has 0 aliphatic rings. The smallest absolute Gasteiger partial charge is 0.337 e. The molecule has 2 N–H and O–H groups in total. The summed E-state index contributed by atoms with van der Waals surface area (Å²) in [5.74, 6) is -0.496. The summed E-state index contributed by atoms with van der Waals surface area (Å²) in [6, 6.07) is 14.4. The fourth-order valence-electron chi connectivity index (χ4n) is 2.32. The number of nitrogens with one attached hydrogen (secondary N) is 2. The van der Waals surface area contributed by atoms with Crippen LogP contribution in [-0.2, 0) is 16.1 Å². The van der Waals surface area contributed by atoms with Crippen molar-refractivity contribution >= 4 is 23.5 Å². The van der Waals surface area contributed by atoms with Gasteiger partial charge in [0, 0.05) is 17.6 Å². The molecule has 0 saturated carbocycles. The molecule has 2 aromatic rings. The Morgan fingerprint density at radius 1 is 1.12 bits per heavy atom. The molecule has 0 unspecified atom stereocenters. The molecule has 0 aliphatic heterocycles. The van der Waals surface area contributed by atoms with Crippen molar-refractivity contribution in [2.75, 3.05) is 13.7 Å². The molecule has 0 radical (unpaired) electrons. The number of benzene rings is 2. The van der Waals surface area contributed by atoms with E-state index < -0.39 is 0 Å². The Labute approximate surface area is 152 Å². The maximum absolute atomic E-state index is 12.0. The number of carbonyl (C=O) groups is 2. The van der Waals surface area contributed by atoms with Crippen LogP contribution in [-0.4, -0.2) is 25.5 Å². The fourth-order valence-corrected chi connectivity index (χ4v) is 2.62. The Balaban J connectivity index is 1.79. The van der Waals surface area contributed by atoms with Crippen molar-refractivity contribution in [1.82, 2.24) is 10.6 Å². The van der Waals surface area contributed by atoms with E-state index in [1.165, 1.54) is 7.11 Å². The minimum absolute atomic E-state index is 0.0289. The van der Waals surface area contributed by atoms with Crippen LogP contribution in [0.25, 0.3) is 0 Å². The van der Waals surface area contributed by atoms with Crippen LogP contribution in [0.3, 0.4) is 0 Å². The molecule has 132 valence electrons. The second-order valence-electron chi connectivity index (χ2n) is 5.59. The average molecular weight is 361 g/mol. The SMILES string of the molecule is COC(=O)c1ccc(CNC(=O)CN[C@@H](C)c2ccccc2Cl)cc1. The van der Waals surface area contributed by atoms with Crippen molar-refractivity contribution in [1.29, 1.82) is 0 Å². The molecule has 0 saturated heterocycles. The second kappa shape index (κ2) is 9.20. The van der Waals surface area contributed by atoms with Gasteiger partial charge in [-0.15, -0.1) is 0 Å². The lowest BCUT2D eigenvalue weighted by molar-refractivity contribution is -0.120. The van der Waals surface area contributed by atoms with Crippen LogP contribution in [0.5, 0.6) is 0 Å². The van der Waals surface area contributed by atoms with Crippen LogP contribution in [0, 0.1) is 0 Å². The molecule has 0 bridgehead atoms. The van der Waals surface area contributed by atoms with Gasteiger partial charge in [0.2, 0.25) is 5.91 Å². The van der Waals surface area contributed by atoms with E-state index >= 15 is 0 Å². The number of ether oxygens (including phenoxy) is 1. The molecule has 1 amide bonds. The van der Waals surface area contributed by atoms with E-state index in [0.29, 0.717) is 17.1 Å². The molecule has 2 aromatic carbocycles. The summed E-state index contributed by atoms with van der Waals surface area (Å²) in [6.45, 7) is 2.54. The first kappa shape index (κ1) is 19.0. The predicted octanol–water partition coefficient (Wildman–Crippen LogP) is 3.09. The van der Waals surface area contributed by atoms with Crippen LogP contribution >= 0.6 is 11.6 Å². The molecule has 0 heterocycles. The van der Waals surface area contributed by atoms with Gasteiger partial charge in [-0.25, -0.2) is 4.79 Å². The van der Waals surface area contributed by atoms with Gasteiger partial charge in [0.25, 0.3) is 0 Å². The summed E-state index contributed by atoms with van der Waals surface area (Å²) < 4.78 is 4.65. The highest BCUT2D eigenvalue weighted by atomic mass is 35.5. The van der Waals surface area contributed by atoms with Crippen molar-refractivity contribution in [2.24, 2.45) is 0 Å². The van der Waals surface area contributed by atoms with Crippen LogP contribution in [0.2, 0.25) is 5.02 Å². The van der Waals surface area contributed by atoms with Gasteiger partial charge in [0.05, 0.1) is 19.2 Å². The highest BCUT2D eigenvalue weighted by molar-refractivity contribution is 6.31. The molecule has 25 heavy (non-hydrogen) atoms. The van der Waals surface area contributed by atoms with E-state index in [1.807, 2.05) is 31.2 Å². The first-order chi connectivity index (χ1) is 12.0. The molecule has 0 spiro atoms. The first-order valence-corrected chi connectivity index (χ1v) is 8.31. The summed E-state index contributed by atoms with van der Waals surface area (Å²) in [7, 11) is 1.34. The van der Waals surface area contributed by atoms with Gasteiger partial charge in [-0.05, 0) is 36.2 Å². The van der Waals surface area contributed by atoms with Crippen molar-refractivity contribution in [2.45, 2.75) is 19.5 Å². The molecular weight excluding hydrogens is 340 g/mol. The number of hydrogen-bond acceptors (Lipinski definition) is 4. The number of hydrogen-bond donors (Lipinski definition) is 2. The van der Waals surface area contributed by atoms with E-state index in [9.17, 15) is 9.59 Å². The molecule has 0 aromatic heterocycles. The van der Waals surface area contributed by atoms with Crippen molar-refractivity contribution in [3.63, 3.8) is 0 Å². The lowest BCUT2D eigenvalue weighted by atomic mass is 10.1. The lowest BCUT2D eigenvalue weighted by Crippen LogP contribution is -2.34. The molecule has 0 fully saturated rings. The molecule has 1 atom stereocenters. The maximum Gasteiger partial charge on any atom is 0.337 e.